The van der Waals surface area contributed by atoms with Crippen LogP contribution in [0.15, 0.2) is 12.7 Å². The standard InChI is InChI=1S/C10H15N3O/c1-3-10(14)13-5-4-9(12-2)8(6-11)7-13/h3,8-9,12H,1,4-5,7H2,2H3. The first-order valence-corrected chi connectivity index (χ1v) is 4.71. The van der Waals surface area contributed by atoms with E-state index in [1.165, 1.54) is 6.08 Å². The smallest absolute Gasteiger partial charge is 0.245 e. The molecule has 1 aliphatic rings. The van der Waals surface area contributed by atoms with Crippen LogP contribution in [0.4, 0.5) is 0 Å². The van der Waals surface area contributed by atoms with Gasteiger partial charge in [0.25, 0.3) is 0 Å². The van der Waals surface area contributed by atoms with Crippen LogP contribution in [0.3, 0.4) is 0 Å². The van der Waals surface area contributed by atoms with Gasteiger partial charge in [0.05, 0.1) is 12.0 Å². The molecular weight excluding hydrogens is 178 g/mol. The molecule has 1 heterocycles. The minimum absolute atomic E-state index is 0.0835. The Balaban J connectivity index is 2.62. The lowest BCUT2D eigenvalue weighted by atomic mass is 9.93. The van der Waals surface area contributed by atoms with Crippen LogP contribution >= 0.6 is 0 Å². The van der Waals surface area contributed by atoms with E-state index >= 15 is 0 Å². The predicted molar refractivity (Wildman–Crippen MR) is 53.3 cm³/mol. The Hall–Kier alpha value is -1.34. The zero-order valence-electron chi connectivity index (χ0n) is 8.36. The average Bonchev–Trinajstić information content (AvgIpc) is 2.26. The molecule has 0 aromatic rings. The van der Waals surface area contributed by atoms with Gasteiger partial charge in [0, 0.05) is 19.1 Å². The fourth-order valence-corrected chi connectivity index (χ4v) is 1.76. The summed E-state index contributed by atoms with van der Waals surface area (Å²) in [5.74, 6) is -0.197. The highest BCUT2D eigenvalue weighted by Gasteiger charge is 2.29. The van der Waals surface area contributed by atoms with Crippen molar-refractivity contribution in [3.8, 4) is 6.07 Å². The quantitative estimate of drug-likeness (QED) is 0.634. The fourth-order valence-electron chi connectivity index (χ4n) is 1.76. The Morgan fingerprint density at radius 3 is 3.00 bits per heavy atom. The summed E-state index contributed by atoms with van der Waals surface area (Å²) >= 11 is 0. The summed E-state index contributed by atoms with van der Waals surface area (Å²) in [6, 6.07) is 2.43. The maximum absolute atomic E-state index is 11.3. The first kappa shape index (κ1) is 10.7. The number of rotatable bonds is 2. The first-order valence-electron chi connectivity index (χ1n) is 4.71. The van der Waals surface area contributed by atoms with E-state index in [-0.39, 0.29) is 17.9 Å². The Kier molecular flexibility index (Phi) is 3.66. The van der Waals surface area contributed by atoms with Crippen LogP contribution < -0.4 is 5.32 Å². The number of nitriles is 1. The lowest BCUT2D eigenvalue weighted by Gasteiger charge is -2.34. The molecule has 0 saturated carbocycles. The van der Waals surface area contributed by atoms with Crippen molar-refractivity contribution in [2.75, 3.05) is 20.1 Å². The molecule has 1 aliphatic heterocycles. The molecule has 0 bridgehead atoms. The van der Waals surface area contributed by atoms with Crippen molar-refractivity contribution >= 4 is 5.91 Å². The predicted octanol–water partition coefficient (Wildman–Crippen LogP) is 0.132. The number of piperidine rings is 1. The molecule has 0 aliphatic carbocycles. The van der Waals surface area contributed by atoms with Crippen LogP contribution in [-0.4, -0.2) is 37.0 Å². The minimum Gasteiger partial charge on any atom is -0.338 e. The van der Waals surface area contributed by atoms with E-state index in [0.717, 1.165) is 6.42 Å². The second kappa shape index (κ2) is 4.77. The van der Waals surface area contributed by atoms with E-state index in [1.807, 2.05) is 7.05 Å². The van der Waals surface area contributed by atoms with Gasteiger partial charge >= 0.3 is 0 Å². The number of hydrogen-bond donors (Lipinski definition) is 1. The summed E-state index contributed by atoms with van der Waals surface area (Å²) in [5.41, 5.74) is 0. The highest BCUT2D eigenvalue weighted by atomic mass is 16.2. The van der Waals surface area contributed by atoms with Gasteiger partial charge < -0.3 is 10.2 Å². The van der Waals surface area contributed by atoms with Gasteiger partial charge in [-0.25, -0.2) is 0 Å². The van der Waals surface area contributed by atoms with E-state index in [2.05, 4.69) is 18.0 Å². The van der Waals surface area contributed by atoms with Gasteiger partial charge in [0.1, 0.15) is 0 Å². The molecule has 2 unspecified atom stereocenters. The molecule has 1 amide bonds. The van der Waals surface area contributed by atoms with Crippen molar-refractivity contribution in [2.24, 2.45) is 5.92 Å². The molecule has 76 valence electrons. The van der Waals surface area contributed by atoms with Crippen LogP contribution in [0.2, 0.25) is 0 Å². The van der Waals surface area contributed by atoms with E-state index in [9.17, 15) is 4.79 Å². The second-order valence-electron chi connectivity index (χ2n) is 3.41. The average molecular weight is 193 g/mol. The van der Waals surface area contributed by atoms with E-state index in [1.54, 1.807) is 4.90 Å². The largest absolute Gasteiger partial charge is 0.338 e. The summed E-state index contributed by atoms with van der Waals surface area (Å²) in [7, 11) is 1.85. The molecular formula is C10H15N3O. The number of carbonyl (C=O) groups excluding carboxylic acids is 1. The first-order chi connectivity index (χ1) is 6.72. The van der Waals surface area contributed by atoms with Gasteiger partial charge in [-0.3, -0.25) is 4.79 Å². The Bertz CT molecular complexity index is 269. The number of amides is 1. The van der Waals surface area contributed by atoms with Crippen molar-refractivity contribution in [1.29, 1.82) is 5.26 Å². The topological polar surface area (TPSA) is 56.1 Å². The third-order valence-electron chi connectivity index (χ3n) is 2.64. The SMILES string of the molecule is C=CC(=O)N1CCC(NC)C(C#N)C1. The Morgan fingerprint density at radius 1 is 1.79 bits per heavy atom. The van der Waals surface area contributed by atoms with E-state index in [4.69, 9.17) is 5.26 Å². The third kappa shape index (κ3) is 2.12. The molecule has 1 saturated heterocycles. The lowest BCUT2D eigenvalue weighted by molar-refractivity contribution is -0.127. The zero-order chi connectivity index (χ0) is 10.6. The van der Waals surface area contributed by atoms with E-state index < -0.39 is 0 Å². The molecule has 0 spiro atoms. The van der Waals surface area contributed by atoms with Crippen molar-refractivity contribution in [3.63, 3.8) is 0 Å². The highest BCUT2D eigenvalue weighted by molar-refractivity contribution is 5.87. The van der Waals surface area contributed by atoms with Crippen LogP contribution in [-0.2, 0) is 4.79 Å². The maximum atomic E-state index is 11.3. The molecule has 2 atom stereocenters. The number of likely N-dealkylation sites (tertiary alicyclic amines) is 1. The summed E-state index contributed by atoms with van der Waals surface area (Å²) < 4.78 is 0. The number of nitrogens with one attached hydrogen (secondary N) is 1. The molecule has 4 heteroatoms. The van der Waals surface area contributed by atoms with Crippen LogP contribution in [0, 0.1) is 17.2 Å². The molecule has 14 heavy (non-hydrogen) atoms. The van der Waals surface area contributed by atoms with Gasteiger partial charge in [0.2, 0.25) is 5.91 Å². The van der Waals surface area contributed by atoms with Gasteiger partial charge in [-0.15, -0.1) is 0 Å². The number of hydrogen-bond acceptors (Lipinski definition) is 3. The van der Waals surface area contributed by atoms with Crippen LogP contribution in [0.1, 0.15) is 6.42 Å². The summed E-state index contributed by atoms with van der Waals surface area (Å²) in [5, 5.41) is 12.0. The lowest BCUT2D eigenvalue weighted by Crippen LogP contribution is -2.49. The zero-order valence-corrected chi connectivity index (χ0v) is 8.36. The molecule has 1 fully saturated rings. The van der Waals surface area contributed by atoms with Crippen molar-refractivity contribution in [2.45, 2.75) is 12.5 Å². The molecule has 4 nitrogen and oxygen atoms in total. The monoisotopic (exact) mass is 193 g/mol. The van der Waals surface area contributed by atoms with Crippen LogP contribution in [0.5, 0.6) is 0 Å². The van der Waals surface area contributed by atoms with Crippen molar-refractivity contribution in [3.05, 3.63) is 12.7 Å². The van der Waals surface area contributed by atoms with Gasteiger partial charge in [-0.2, -0.15) is 5.26 Å². The minimum atomic E-state index is -0.113. The van der Waals surface area contributed by atoms with Crippen LogP contribution in [0.25, 0.3) is 0 Å². The third-order valence-corrected chi connectivity index (χ3v) is 2.64. The molecule has 0 aromatic carbocycles. The summed E-state index contributed by atoms with van der Waals surface area (Å²) in [6.07, 6.45) is 2.13. The normalized spacial score (nSPS) is 26.7. The molecule has 0 radical (unpaired) electrons. The van der Waals surface area contributed by atoms with Crippen molar-refractivity contribution in [1.82, 2.24) is 10.2 Å². The fraction of sp³-hybridized carbons (Fsp3) is 0.600. The molecule has 1 rings (SSSR count). The Morgan fingerprint density at radius 2 is 2.50 bits per heavy atom. The molecule has 0 aromatic heterocycles. The Labute approximate surface area is 84.2 Å². The van der Waals surface area contributed by atoms with Gasteiger partial charge in [0.15, 0.2) is 0 Å². The van der Waals surface area contributed by atoms with Crippen molar-refractivity contribution < 1.29 is 4.79 Å². The van der Waals surface area contributed by atoms with Gasteiger partial charge in [-0.1, -0.05) is 6.58 Å². The number of nitrogens with zero attached hydrogens (tertiary/aromatic N) is 2. The molecule has 1 N–H and O–H groups in total. The summed E-state index contributed by atoms with van der Waals surface area (Å²) in [4.78, 5) is 13.0. The second-order valence-corrected chi connectivity index (χ2v) is 3.41. The van der Waals surface area contributed by atoms with Gasteiger partial charge in [-0.05, 0) is 19.5 Å². The van der Waals surface area contributed by atoms with E-state index in [0.29, 0.717) is 13.1 Å². The highest BCUT2D eigenvalue weighted by Crippen LogP contribution is 2.16. The summed E-state index contributed by atoms with van der Waals surface area (Å²) in [6.45, 7) is 4.65. The number of carbonyl (C=O) groups is 1. The maximum Gasteiger partial charge on any atom is 0.245 e.